The molecular weight excluding hydrogens is 507 g/mol. The SMILES string of the molecule is O=S(=O)(c1ccc(Cl)c(Cl)c1)C(Cn1ccnc1)c1ccc(Sc2ccc(Cl)cc2)cc1. The molecule has 1 heterocycles. The van der Waals surface area contributed by atoms with Crippen molar-refractivity contribution in [2.45, 2.75) is 26.5 Å². The maximum atomic E-state index is 13.6. The van der Waals surface area contributed by atoms with Crippen LogP contribution in [-0.2, 0) is 16.4 Å². The molecular formula is C23H17Cl3N2O2S2. The topological polar surface area (TPSA) is 52.0 Å². The molecule has 0 aliphatic heterocycles. The van der Waals surface area contributed by atoms with E-state index >= 15 is 0 Å². The second-order valence-corrected chi connectivity index (χ2v) is 11.5. The number of imidazole rings is 1. The average molecular weight is 524 g/mol. The maximum absolute atomic E-state index is 13.6. The van der Waals surface area contributed by atoms with Crippen LogP contribution in [0.25, 0.3) is 0 Å². The van der Waals surface area contributed by atoms with Gasteiger partial charge in [0.25, 0.3) is 0 Å². The van der Waals surface area contributed by atoms with Gasteiger partial charge in [-0.25, -0.2) is 13.4 Å². The van der Waals surface area contributed by atoms with Crippen LogP contribution in [0, 0.1) is 0 Å². The van der Waals surface area contributed by atoms with Gasteiger partial charge < -0.3 is 4.57 Å². The van der Waals surface area contributed by atoms with E-state index in [1.54, 1.807) is 35.0 Å². The van der Waals surface area contributed by atoms with Gasteiger partial charge >= 0.3 is 0 Å². The summed E-state index contributed by atoms with van der Waals surface area (Å²) in [6, 6.07) is 19.4. The highest BCUT2D eigenvalue weighted by Gasteiger charge is 2.30. The van der Waals surface area contributed by atoms with Gasteiger partial charge in [-0.2, -0.15) is 0 Å². The molecule has 0 saturated heterocycles. The Morgan fingerprint density at radius 3 is 2.12 bits per heavy atom. The van der Waals surface area contributed by atoms with Gasteiger partial charge in [0.2, 0.25) is 0 Å². The van der Waals surface area contributed by atoms with Crippen LogP contribution in [0.2, 0.25) is 15.1 Å². The quantitative estimate of drug-likeness (QED) is 0.257. The third kappa shape index (κ3) is 5.33. The zero-order valence-corrected chi connectivity index (χ0v) is 20.4. The molecule has 0 fully saturated rings. The molecule has 9 heteroatoms. The monoisotopic (exact) mass is 522 g/mol. The van der Waals surface area contributed by atoms with Gasteiger partial charge in [-0.1, -0.05) is 58.7 Å². The normalized spacial score (nSPS) is 12.6. The van der Waals surface area contributed by atoms with Crippen LogP contribution in [0.1, 0.15) is 10.8 Å². The average Bonchev–Trinajstić information content (AvgIpc) is 3.29. The van der Waals surface area contributed by atoms with Gasteiger partial charge in [0.05, 0.1) is 21.3 Å². The van der Waals surface area contributed by atoms with Crippen molar-refractivity contribution in [3.05, 3.63) is 106 Å². The van der Waals surface area contributed by atoms with Crippen LogP contribution in [0.5, 0.6) is 0 Å². The number of sulfone groups is 1. The number of rotatable bonds is 7. The van der Waals surface area contributed by atoms with E-state index in [2.05, 4.69) is 4.98 Å². The molecule has 0 aliphatic rings. The summed E-state index contributed by atoms with van der Waals surface area (Å²) < 4.78 is 28.9. The van der Waals surface area contributed by atoms with Crippen molar-refractivity contribution in [3.8, 4) is 0 Å². The van der Waals surface area contributed by atoms with Crippen molar-refractivity contribution < 1.29 is 8.42 Å². The molecule has 1 aromatic heterocycles. The lowest BCUT2D eigenvalue weighted by molar-refractivity contribution is 0.562. The highest BCUT2D eigenvalue weighted by Crippen LogP contribution is 2.35. The van der Waals surface area contributed by atoms with Crippen molar-refractivity contribution in [1.29, 1.82) is 0 Å². The minimum absolute atomic E-state index is 0.122. The van der Waals surface area contributed by atoms with E-state index in [0.29, 0.717) is 15.6 Å². The van der Waals surface area contributed by atoms with Crippen molar-refractivity contribution in [2.24, 2.45) is 0 Å². The van der Waals surface area contributed by atoms with Gasteiger partial charge in [0.1, 0.15) is 5.25 Å². The van der Waals surface area contributed by atoms with Crippen LogP contribution < -0.4 is 0 Å². The van der Waals surface area contributed by atoms with E-state index in [1.165, 1.54) is 18.2 Å². The van der Waals surface area contributed by atoms with Gasteiger partial charge in [0, 0.05) is 33.8 Å². The number of nitrogens with zero attached hydrogens (tertiary/aromatic N) is 2. The minimum Gasteiger partial charge on any atom is -0.336 e. The highest BCUT2D eigenvalue weighted by atomic mass is 35.5. The summed E-state index contributed by atoms with van der Waals surface area (Å²) in [5.74, 6) is 0. The van der Waals surface area contributed by atoms with E-state index in [-0.39, 0.29) is 16.5 Å². The summed E-state index contributed by atoms with van der Waals surface area (Å²) in [6.07, 6.45) is 4.96. The number of halogens is 3. The Morgan fingerprint density at radius 1 is 0.875 bits per heavy atom. The lowest BCUT2D eigenvalue weighted by Gasteiger charge is -2.19. The van der Waals surface area contributed by atoms with E-state index in [1.807, 2.05) is 48.5 Å². The molecule has 0 radical (unpaired) electrons. The minimum atomic E-state index is -3.76. The predicted molar refractivity (Wildman–Crippen MR) is 131 cm³/mol. The van der Waals surface area contributed by atoms with E-state index in [4.69, 9.17) is 34.8 Å². The van der Waals surface area contributed by atoms with E-state index < -0.39 is 15.1 Å². The number of hydrogen-bond acceptors (Lipinski definition) is 4. The predicted octanol–water partition coefficient (Wildman–Crippen LogP) is 7.21. The zero-order valence-electron chi connectivity index (χ0n) is 16.5. The lowest BCUT2D eigenvalue weighted by Crippen LogP contribution is -2.19. The van der Waals surface area contributed by atoms with Crippen molar-refractivity contribution in [1.82, 2.24) is 9.55 Å². The molecule has 32 heavy (non-hydrogen) atoms. The molecule has 0 aliphatic carbocycles. The number of benzene rings is 3. The fourth-order valence-corrected chi connectivity index (χ4v) is 6.23. The molecule has 4 nitrogen and oxygen atoms in total. The Hall–Kier alpha value is -1.96. The van der Waals surface area contributed by atoms with Gasteiger partial charge in [-0.05, 0) is 60.2 Å². The second kappa shape index (κ2) is 9.89. The molecule has 0 bridgehead atoms. The Balaban J connectivity index is 1.67. The number of aromatic nitrogens is 2. The molecule has 1 atom stereocenters. The molecule has 0 spiro atoms. The van der Waals surface area contributed by atoms with Crippen LogP contribution in [-0.4, -0.2) is 18.0 Å². The van der Waals surface area contributed by atoms with Crippen LogP contribution in [0.4, 0.5) is 0 Å². The van der Waals surface area contributed by atoms with Gasteiger partial charge in [-0.3, -0.25) is 0 Å². The van der Waals surface area contributed by atoms with Crippen LogP contribution in [0.3, 0.4) is 0 Å². The molecule has 0 saturated carbocycles. The highest BCUT2D eigenvalue weighted by molar-refractivity contribution is 7.99. The first-order valence-corrected chi connectivity index (χ1v) is 13.0. The summed E-state index contributed by atoms with van der Waals surface area (Å²) in [6.45, 7) is 0.215. The fraction of sp³-hybridized carbons (Fsp3) is 0.0870. The van der Waals surface area contributed by atoms with Crippen LogP contribution >= 0.6 is 46.6 Å². The molecule has 3 aromatic carbocycles. The Morgan fingerprint density at radius 2 is 1.53 bits per heavy atom. The first-order valence-electron chi connectivity index (χ1n) is 9.51. The maximum Gasteiger partial charge on any atom is 0.187 e. The third-order valence-electron chi connectivity index (χ3n) is 4.83. The second-order valence-electron chi connectivity index (χ2n) is 6.99. The van der Waals surface area contributed by atoms with Crippen LogP contribution in [0.15, 0.2) is 100 Å². The smallest absolute Gasteiger partial charge is 0.187 e. The van der Waals surface area contributed by atoms with Crippen molar-refractivity contribution in [2.75, 3.05) is 0 Å². The van der Waals surface area contributed by atoms with Crippen molar-refractivity contribution >= 4 is 56.4 Å². The number of hydrogen-bond donors (Lipinski definition) is 0. The van der Waals surface area contributed by atoms with Crippen molar-refractivity contribution in [3.63, 3.8) is 0 Å². The molecule has 0 N–H and O–H groups in total. The molecule has 4 aromatic rings. The largest absolute Gasteiger partial charge is 0.336 e. The summed E-state index contributed by atoms with van der Waals surface area (Å²) >= 11 is 19.6. The molecule has 4 rings (SSSR count). The summed E-state index contributed by atoms with van der Waals surface area (Å²) in [7, 11) is -3.76. The Kier molecular flexibility index (Phi) is 7.17. The van der Waals surface area contributed by atoms with E-state index in [0.717, 1.165) is 9.79 Å². The molecule has 164 valence electrons. The summed E-state index contributed by atoms with van der Waals surface area (Å²) in [5, 5.41) is 0.354. The van der Waals surface area contributed by atoms with Gasteiger partial charge in [-0.15, -0.1) is 0 Å². The standard InChI is InChI=1S/C23H17Cl3N2O2S2/c24-17-3-7-19(8-4-17)31-18-5-1-16(2-6-18)23(14-28-12-11-27-15-28)32(29,30)20-9-10-21(25)22(26)13-20/h1-13,15,23H,14H2. The van der Waals surface area contributed by atoms with E-state index in [9.17, 15) is 8.42 Å². The third-order valence-corrected chi connectivity index (χ3v) is 8.92. The summed E-state index contributed by atoms with van der Waals surface area (Å²) in [4.78, 5) is 6.19. The first-order chi connectivity index (χ1) is 15.3. The molecule has 1 unspecified atom stereocenters. The van der Waals surface area contributed by atoms with Gasteiger partial charge in [0.15, 0.2) is 9.84 Å². The molecule has 0 amide bonds. The lowest BCUT2D eigenvalue weighted by atomic mass is 10.1. The zero-order chi connectivity index (χ0) is 22.7. The summed E-state index contributed by atoms with van der Waals surface area (Å²) in [5.41, 5.74) is 0.672. The Labute approximate surface area is 206 Å². The fourth-order valence-electron chi connectivity index (χ4n) is 3.18. The first kappa shape index (κ1) is 23.2. The Bertz CT molecular complexity index is 1310.